The summed E-state index contributed by atoms with van der Waals surface area (Å²) in [6, 6.07) is 10.7. The number of anilines is 1. The van der Waals surface area contributed by atoms with E-state index in [1.807, 2.05) is 16.2 Å². The normalized spacial score (nSPS) is 15.2. The number of carbonyl (C=O) groups excluding carboxylic acids is 1. The van der Waals surface area contributed by atoms with Gasteiger partial charge in [0.05, 0.1) is 0 Å². The zero-order chi connectivity index (χ0) is 18.4. The van der Waals surface area contributed by atoms with Crippen molar-refractivity contribution in [3.63, 3.8) is 0 Å². The number of amides is 2. The van der Waals surface area contributed by atoms with E-state index in [9.17, 15) is 4.79 Å². The molecule has 1 saturated heterocycles. The van der Waals surface area contributed by atoms with Crippen molar-refractivity contribution in [1.29, 1.82) is 0 Å². The molecule has 2 amide bonds. The highest BCUT2D eigenvalue weighted by atomic mass is 32.1. The third kappa shape index (κ3) is 4.65. The summed E-state index contributed by atoms with van der Waals surface area (Å²) in [4.78, 5) is 18.6. The molecule has 0 unspecified atom stereocenters. The largest absolute Gasteiger partial charge is 0.322 e. The molecule has 2 aromatic rings. The number of urea groups is 1. The molecule has 4 nitrogen and oxygen atoms in total. The first-order chi connectivity index (χ1) is 12.7. The molecule has 0 saturated carbocycles. The SMILES string of the molecule is CCc1cccc(CC)c1NC(=O)N1CCN(CCc2cccs2)CC1. The van der Waals surface area contributed by atoms with E-state index in [1.165, 1.54) is 16.0 Å². The standard InChI is InChI=1S/C21H29N3OS/c1-3-17-7-5-8-18(4-2)20(17)22-21(25)24-14-12-23(13-15-24)11-10-19-9-6-16-26-19/h5-9,16H,3-4,10-15H2,1-2H3,(H,22,25). The number of hydrogen-bond donors (Lipinski definition) is 1. The second-order valence-corrected chi connectivity index (χ2v) is 7.78. The zero-order valence-corrected chi connectivity index (χ0v) is 16.6. The van der Waals surface area contributed by atoms with Crippen LogP contribution in [0.3, 0.4) is 0 Å². The maximum absolute atomic E-state index is 12.8. The number of benzene rings is 1. The van der Waals surface area contributed by atoms with E-state index < -0.39 is 0 Å². The van der Waals surface area contributed by atoms with Gasteiger partial charge in [-0.3, -0.25) is 4.90 Å². The molecule has 1 fully saturated rings. The lowest BCUT2D eigenvalue weighted by Crippen LogP contribution is -2.50. The van der Waals surface area contributed by atoms with Gasteiger partial charge in [0.1, 0.15) is 0 Å². The predicted octanol–water partition coefficient (Wildman–Crippen LogP) is 4.27. The first-order valence-electron chi connectivity index (χ1n) is 9.62. The van der Waals surface area contributed by atoms with Gasteiger partial charge in [0, 0.05) is 43.3 Å². The topological polar surface area (TPSA) is 35.6 Å². The van der Waals surface area contributed by atoms with E-state index in [-0.39, 0.29) is 6.03 Å². The van der Waals surface area contributed by atoms with Crippen LogP contribution in [0, 0.1) is 0 Å². The van der Waals surface area contributed by atoms with Crippen molar-refractivity contribution in [2.75, 3.05) is 38.0 Å². The average Bonchev–Trinajstić information content (AvgIpc) is 3.20. The minimum Gasteiger partial charge on any atom is -0.322 e. The first kappa shape index (κ1) is 18.9. The van der Waals surface area contributed by atoms with Crippen LogP contribution in [0.1, 0.15) is 29.9 Å². The third-order valence-corrected chi connectivity index (χ3v) is 6.08. The summed E-state index contributed by atoms with van der Waals surface area (Å²) < 4.78 is 0. The number of rotatable bonds is 6. The third-order valence-electron chi connectivity index (χ3n) is 5.14. The summed E-state index contributed by atoms with van der Waals surface area (Å²) >= 11 is 1.82. The van der Waals surface area contributed by atoms with Crippen LogP contribution >= 0.6 is 11.3 Å². The van der Waals surface area contributed by atoms with E-state index in [0.717, 1.165) is 57.7 Å². The molecule has 0 aliphatic carbocycles. The van der Waals surface area contributed by atoms with Gasteiger partial charge in [0.25, 0.3) is 0 Å². The number of aryl methyl sites for hydroxylation is 2. The van der Waals surface area contributed by atoms with Crippen molar-refractivity contribution < 1.29 is 4.79 Å². The van der Waals surface area contributed by atoms with E-state index in [4.69, 9.17) is 0 Å². The fourth-order valence-corrected chi connectivity index (χ4v) is 4.19. The molecule has 26 heavy (non-hydrogen) atoms. The Labute approximate surface area is 160 Å². The lowest BCUT2D eigenvalue weighted by Gasteiger charge is -2.35. The number of hydrogen-bond acceptors (Lipinski definition) is 3. The molecule has 1 N–H and O–H groups in total. The Hall–Kier alpha value is -1.85. The molecule has 5 heteroatoms. The first-order valence-corrected chi connectivity index (χ1v) is 10.5. The Morgan fingerprint density at radius 3 is 2.31 bits per heavy atom. The molecule has 3 rings (SSSR count). The molecule has 2 heterocycles. The van der Waals surface area contributed by atoms with Crippen molar-refractivity contribution in [2.45, 2.75) is 33.1 Å². The van der Waals surface area contributed by atoms with Crippen molar-refractivity contribution >= 4 is 23.1 Å². The minimum absolute atomic E-state index is 0.0403. The smallest absolute Gasteiger partial charge is 0.321 e. The summed E-state index contributed by atoms with van der Waals surface area (Å²) in [5, 5.41) is 5.33. The van der Waals surface area contributed by atoms with Crippen molar-refractivity contribution in [3.05, 3.63) is 51.7 Å². The summed E-state index contributed by atoms with van der Waals surface area (Å²) in [6.45, 7) is 8.85. The van der Waals surface area contributed by atoms with Crippen LogP contribution in [0.15, 0.2) is 35.7 Å². The van der Waals surface area contributed by atoms with Gasteiger partial charge >= 0.3 is 6.03 Å². The zero-order valence-electron chi connectivity index (χ0n) is 15.8. The van der Waals surface area contributed by atoms with Gasteiger partial charge in [-0.2, -0.15) is 0 Å². The highest BCUT2D eigenvalue weighted by Gasteiger charge is 2.22. The van der Waals surface area contributed by atoms with Crippen molar-refractivity contribution in [1.82, 2.24) is 9.80 Å². The maximum atomic E-state index is 12.8. The molecule has 1 aliphatic rings. The maximum Gasteiger partial charge on any atom is 0.321 e. The Balaban J connectivity index is 1.52. The average molecular weight is 372 g/mol. The van der Waals surface area contributed by atoms with E-state index in [2.05, 4.69) is 59.8 Å². The lowest BCUT2D eigenvalue weighted by atomic mass is 10.0. The highest BCUT2D eigenvalue weighted by molar-refractivity contribution is 7.09. The molecule has 0 bridgehead atoms. The van der Waals surface area contributed by atoms with Crippen LogP contribution < -0.4 is 5.32 Å². The molecule has 1 aromatic heterocycles. The summed E-state index contributed by atoms with van der Waals surface area (Å²) in [5.74, 6) is 0. The fraction of sp³-hybridized carbons (Fsp3) is 0.476. The Bertz CT molecular complexity index is 684. The number of nitrogens with one attached hydrogen (secondary N) is 1. The molecular formula is C21H29N3OS. The predicted molar refractivity (Wildman–Crippen MR) is 110 cm³/mol. The van der Waals surface area contributed by atoms with Crippen LogP contribution in [0.5, 0.6) is 0 Å². The van der Waals surface area contributed by atoms with Crippen molar-refractivity contribution in [3.8, 4) is 0 Å². The van der Waals surface area contributed by atoms with Gasteiger partial charge in [-0.1, -0.05) is 38.1 Å². The molecule has 140 valence electrons. The molecule has 1 aromatic carbocycles. The number of nitrogens with zero attached hydrogens (tertiary/aromatic N) is 2. The van der Waals surface area contributed by atoms with E-state index in [0.29, 0.717) is 0 Å². The lowest BCUT2D eigenvalue weighted by molar-refractivity contribution is 0.148. The number of carbonyl (C=O) groups is 1. The van der Waals surface area contributed by atoms with Gasteiger partial charge in [-0.05, 0) is 41.8 Å². The monoisotopic (exact) mass is 371 g/mol. The Morgan fingerprint density at radius 2 is 1.73 bits per heavy atom. The summed E-state index contributed by atoms with van der Waals surface area (Å²) in [5.41, 5.74) is 3.45. The minimum atomic E-state index is 0.0403. The number of thiophene rings is 1. The quantitative estimate of drug-likeness (QED) is 0.823. The van der Waals surface area contributed by atoms with Crippen molar-refractivity contribution in [2.24, 2.45) is 0 Å². The van der Waals surface area contributed by atoms with E-state index >= 15 is 0 Å². The van der Waals surface area contributed by atoms with E-state index in [1.54, 1.807) is 0 Å². The Kier molecular flexibility index (Phi) is 6.69. The van der Waals surface area contributed by atoms with Crippen LogP contribution in [-0.4, -0.2) is 48.6 Å². The molecule has 0 radical (unpaired) electrons. The number of piperazine rings is 1. The van der Waals surface area contributed by atoms with Crippen LogP contribution in [0.25, 0.3) is 0 Å². The molecular weight excluding hydrogens is 342 g/mol. The van der Waals surface area contributed by atoms with Gasteiger partial charge < -0.3 is 10.2 Å². The van der Waals surface area contributed by atoms with Gasteiger partial charge in [-0.15, -0.1) is 11.3 Å². The second-order valence-electron chi connectivity index (χ2n) is 6.75. The Morgan fingerprint density at radius 1 is 1.04 bits per heavy atom. The van der Waals surface area contributed by atoms with Gasteiger partial charge in [0.2, 0.25) is 0 Å². The molecule has 0 atom stereocenters. The summed E-state index contributed by atoms with van der Waals surface area (Å²) in [6.07, 6.45) is 2.97. The second kappa shape index (κ2) is 9.19. The van der Waals surface area contributed by atoms with Crippen LogP contribution in [0.2, 0.25) is 0 Å². The fourth-order valence-electron chi connectivity index (χ4n) is 3.49. The summed E-state index contributed by atoms with van der Waals surface area (Å²) in [7, 11) is 0. The number of para-hydroxylation sites is 1. The molecule has 0 spiro atoms. The molecule has 1 aliphatic heterocycles. The van der Waals surface area contributed by atoms with Gasteiger partial charge in [0.15, 0.2) is 0 Å². The highest BCUT2D eigenvalue weighted by Crippen LogP contribution is 2.23. The van der Waals surface area contributed by atoms with Crippen LogP contribution in [-0.2, 0) is 19.3 Å². The van der Waals surface area contributed by atoms with Gasteiger partial charge in [-0.25, -0.2) is 4.79 Å². The van der Waals surface area contributed by atoms with Crippen LogP contribution in [0.4, 0.5) is 10.5 Å².